The number of aliphatic carboxylic acids is 1. The second-order valence-corrected chi connectivity index (χ2v) is 25.9. The maximum atomic E-state index is 12.9. The number of ether oxygens (including phenoxy) is 4. The molecule has 0 N–H and O–H groups in total. The van der Waals surface area contributed by atoms with Crippen LogP contribution in [0.3, 0.4) is 0 Å². The first-order valence-corrected chi connectivity index (χ1v) is 35.7. The molecule has 0 aromatic heterocycles. The van der Waals surface area contributed by atoms with Crippen LogP contribution in [-0.4, -0.2) is 82.3 Å². The predicted molar refractivity (Wildman–Crippen MR) is 339 cm³/mol. The fourth-order valence-electron chi connectivity index (χ4n) is 11.1. The van der Waals surface area contributed by atoms with E-state index in [-0.39, 0.29) is 32.2 Å². The molecule has 0 radical (unpaired) electrons. The number of nitrogens with zero attached hydrogens (tertiary/aromatic N) is 1. The van der Waals surface area contributed by atoms with E-state index in [1.54, 1.807) is 0 Å². The van der Waals surface area contributed by atoms with Crippen molar-refractivity contribution in [2.24, 2.45) is 0 Å². The Morgan fingerprint density at radius 2 is 0.562 bits per heavy atom. The Bertz CT molecular complexity index is 1270. The minimum Gasteiger partial charge on any atom is -0.545 e. The second kappa shape index (κ2) is 63.3. The predicted octanol–water partition coefficient (Wildman–Crippen LogP) is 20.5. The molecule has 9 nitrogen and oxygen atoms in total. The van der Waals surface area contributed by atoms with Crippen LogP contribution >= 0.6 is 0 Å². The van der Waals surface area contributed by atoms with Crippen molar-refractivity contribution in [3.8, 4) is 0 Å². The molecule has 476 valence electrons. The highest BCUT2D eigenvalue weighted by Crippen LogP contribution is 2.20. The lowest BCUT2D eigenvalue weighted by molar-refractivity contribution is -0.870. The molecule has 0 bridgehead atoms. The van der Waals surface area contributed by atoms with Gasteiger partial charge in [-0.2, -0.15) is 0 Å². The molecule has 0 saturated heterocycles. The first kappa shape index (κ1) is 78.3. The molecule has 9 heteroatoms. The number of hydrogen-bond donors (Lipinski definition) is 0. The molecule has 0 aliphatic carbocycles. The summed E-state index contributed by atoms with van der Waals surface area (Å²) in [4.78, 5) is 37.5. The van der Waals surface area contributed by atoms with Crippen LogP contribution in [-0.2, 0) is 33.3 Å². The van der Waals surface area contributed by atoms with Crippen LogP contribution < -0.4 is 5.11 Å². The van der Waals surface area contributed by atoms with E-state index in [1.807, 2.05) is 21.1 Å². The Hall–Kier alpha value is -1.71. The summed E-state index contributed by atoms with van der Waals surface area (Å²) < 4.78 is 22.8. The van der Waals surface area contributed by atoms with Crippen molar-refractivity contribution in [2.75, 3.05) is 47.5 Å². The third-order valence-corrected chi connectivity index (χ3v) is 16.6. The molecule has 2 atom stereocenters. The molecule has 0 aliphatic heterocycles. The maximum Gasteiger partial charge on any atom is 0.306 e. The topological polar surface area (TPSA) is 111 Å². The van der Waals surface area contributed by atoms with Crippen LogP contribution in [0.5, 0.6) is 0 Å². The highest BCUT2D eigenvalue weighted by molar-refractivity contribution is 5.70. The SMILES string of the molecule is CCCCCCCCCCCCCCCCCCCCCCCCCCCCCCCCCCC(=O)OC(COC(=O)CCCCCCCCCCCCCCCCCCCCCCCCC)COC(OCC[N+](C)(C)C)C(=O)[O-]. The Kier molecular flexibility index (Phi) is 62.0. The lowest BCUT2D eigenvalue weighted by Crippen LogP contribution is -2.44. The van der Waals surface area contributed by atoms with Gasteiger partial charge in [0.25, 0.3) is 0 Å². The summed E-state index contributed by atoms with van der Waals surface area (Å²) in [5.74, 6) is -2.24. The third kappa shape index (κ3) is 63.9. The van der Waals surface area contributed by atoms with Crippen molar-refractivity contribution in [1.29, 1.82) is 0 Å². The fraction of sp³-hybridized carbons (Fsp3) is 0.958. The highest BCUT2D eigenvalue weighted by atomic mass is 16.7. The minimum atomic E-state index is -1.62. The Morgan fingerprint density at radius 1 is 0.325 bits per heavy atom. The molecular weight excluding hydrogens is 995 g/mol. The Balaban J connectivity index is 4.01. The van der Waals surface area contributed by atoms with Crippen LogP contribution in [0.1, 0.15) is 380 Å². The quantitative estimate of drug-likeness (QED) is 0.0256. The number of quaternary nitrogens is 1. The van der Waals surface area contributed by atoms with Gasteiger partial charge < -0.3 is 33.3 Å². The van der Waals surface area contributed by atoms with Crippen LogP contribution in [0.4, 0.5) is 0 Å². The molecule has 0 heterocycles. The number of carboxylic acids is 1. The van der Waals surface area contributed by atoms with Gasteiger partial charge in [-0.1, -0.05) is 354 Å². The Labute approximate surface area is 498 Å². The van der Waals surface area contributed by atoms with Gasteiger partial charge in [-0.15, -0.1) is 0 Å². The van der Waals surface area contributed by atoms with Crippen LogP contribution in [0.25, 0.3) is 0 Å². The average molecular weight is 1130 g/mol. The van der Waals surface area contributed by atoms with Gasteiger partial charge in [-0.25, -0.2) is 0 Å². The minimum absolute atomic E-state index is 0.154. The lowest BCUT2D eigenvalue weighted by atomic mass is 10.0. The van der Waals surface area contributed by atoms with Crippen LogP contribution in [0, 0.1) is 0 Å². The molecule has 0 aromatic carbocycles. The summed E-state index contributed by atoms with van der Waals surface area (Å²) in [5.41, 5.74) is 0. The number of unbranched alkanes of at least 4 members (excludes halogenated alkanes) is 53. The van der Waals surface area contributed by atoms with E-state index in [4.69, 9.17) is 18.9 Å². The summed E-state index contributed by atoms with van der Waals surface area (Å²) in [6.07, 6.45) is 72.0. The smallest absolute Gasteiger partial charge is 0.306 e. The van der Waals surface area contributed by atoms with Crippen molar-refractivity contribution >= 4 is 17.9 Å². The molecule has 2 unspecified atom stereocenters. The third-order valence-electron chi connectivity index (χ3n) is 16.6. The van der Waals surface area contributed by atoms with E-state index in [1.165, 1.54) is 315 Å². The number of likely N-dealkylation sites (N-methyl/N-ethyl adjacent to an activating group) is 1. The maximum absolute atomic E-state index is 12.9. The van der Waals surface area contributed by atoms with Crippen molar-refractivity contribution in [3.63, 3.8) is 0 Å². The van der Waals surface area contributed by atoms with E-state index in [9.17, 15) is 19.5 Å². The van der Waals surface area contributed by atoms with Crippen LogP contribution in [0.2, 0.25) is 0 Å². The molecule has 0 rings (SSSR count). The zero-order valence-electron chi connectivity index (χ0n) is 54.5. The number of esters is 2. The summed E-state index contributed by atoms with van der Waals surface area (Å²) in [7, 11) is 5.95. The molecule has 0 aliphatic rings. The zero-order valence-corrected chi connectivity index (χ0v) is 54.5. The molecule has 0 saturated carbocycles. The number of carbonyl (C=O) groups is 3. The number of hydrogen-bond acceptors (Lipinski definition) is 8. The van der Waals surface area contributed by atoms with Gasteiger partial charge in [-0.3, -0.25) is 9.59 Å². The molecule has 0 spiro atoms. The summed E-state index contributed by atoms with van der Waals surface area (Å²) in [6.45, 7) is 4.84. The molecular formula is C71H139NO8. The number of carboxylic acid groups (broad SMARTS) is 1. The first-order chi connectivity index (χ1) is 39.1. The van der Waals surface area contributed by atoms with Crippen molar-refractivity contribution in [3.05, 3.63) is 0 Å². The first-order valence-electron chi connectivity index (χ1n) is 35.7. The van der Waals surface area contributed by atoms with Crippen LogP contribution in [0.15, 0.2) is 0 Å². The highest BCUT2D eigenvalue weighted by Gasteiger charge is 2.22. The van der Waals surface area contributed by atoms with E-state index in [0.29, 0.717) is 17.4 Å². The lowest BCUT2D eigenvalue weighted by Gasteiger charge is -2.26. The van der Waals surface area contributed by atoms with Crippen molar-refractivity contribution in [1.82, 2.24) is 0 Å². The normalized spacial score (nSPS) is 12.6. The van der Waals surface area contributed by atoms with Gasteiger partial charge in [0.05, 0.1) is 40.3 Å². The van der Waals surface area contributed by atoms with Gasteiger partial charge >= 0.3 is 11.9 Å². The summed E-state index contributed by atoms with van der Waals surface area (Å²) >= 11 is 0. The summed E-state index contributed by atoms with van der Waals surface area (Å²) in [6, 6.07) is 0. The van der Waals surface area contributed by atoms with Crippen molar-refractivity contribution < 1.29 is 42.9 Å². The Morgan fingerprint density at radius 3 is 0.800 bits per heavy atom. The van der Waals surface area contributed by atoms with Gasteiger partial charge in [0.15, 0.2) is 12.4 Å². The van der Waals surface area contributed by atoms with E-state index < -0.39 is 24.3 Å². The van der Waals surface area contributed by atoms with Gasteiger partial charge in [0.2, 0.25) is 0 Å². The van der Waals surface area contributed by atoms with Gasteiger partial charge in [0, 0.05) is 12.8 Å². The summed E-state index contributed by atoms with van der Waals surface area (Å²) in [5, 5.41) is 11.8. The van der Waals surface area contributed by atoms with E-state index in [0.717, 1.165) is 38.5 Å². The number of rotatable bonds is 68. The fourth-order valence-corrected chi connectivity index (χ4v) is 11.1. The van der Waals surface area contributed by atoms with Gasteiger partial charge in [-0.05, 0) is 12.8 Å². The standard InChI is InChI=1S/C71H139NO8/c1-6-8-10-12-14-16-18-20-22-24-26-28-30-31-32-33-34-35-36-37-38-40-42-44-46-48-50-52-54-56-58-60-62-69(74)80-67(66-79-71(70(75)76)77-64-63-72(3,4)5)65-78-68(73)61-59-57-55-53-51-49-47-45-43-41-39-29-27-25-23-21-19-17-15-13-11-9-7-2/h67,71H,6-66H2,1-5H3. The van der Waals surface area contributed by atoms with E-state index in [2.05, 4.69) is 13.8 Å². The largest absolute Gasteiger partial charge is 0.545 e. The van der Waals surface area contributed by atoms with E-state index >= 15 is 0 Å². The molecule has 80 heavy (non-hydrogen) atoms. The monoisotopic (exact) mass is 1130 g/mol. The zero-order chi connectivity index (χ0) is 58.3. The molecule has 0 aromatic rings. The molecule has 0 amide bonds. The average Bonchev–Trinajstić information content (AvgIpc) is 3.43. The molecule has 0 fully saturated rings. The number of carbonyl (C=O) groups excluding carboxylic acids is 3. The second-order valence-electron chi connectivity index (χ2n) is 25.9. The van der Waals surface area contributed by atoms with Gasteiger partial charge in [0.1, 0.15) is 13.2 Å². The van der Waals surface area contributed by atoms with Crippen molar-refractivity contribution in [2.45, 2.75) is 392 Å².